The lowest BCUT2D eigenvalue weighted by Gasteiger charge is -2.31. The summed E-state index contributed by atoms with van der Waals surface area (Å²) in [5.74, 6) is -1.60. The minimum Gasteiger partial charge on any atom is -0.458 e. The summed E-state index contributed by atoms with van der Waals surface area (Å²) in [6, 6.07) is 4.04. The van der Waals surface area contributed by atoms with Crippen molar-refractivity contribution in [2.24, 2.45) is 0 Å². The molecule has 194 valence electrons. The van der Waals surface area contributed by atoms with E-state index in [9.17, 15) is 29.0 Å². The van der Waals surface area contributed by atoms with Crippen molar-refractivity contribution in [2.45, 2.75) is 65.1 Å². The molecular formula is C26H26FN3O7. The van der Waals surface area contributed by atoms with Gasteiger partial charge in [0.05, 0.1) is 41.3 Å². The zero-order valence-corrected chi connectivity index (χ0v) is 20.8. The van der Waals surface area contributed by atoms with Gasteiger partial charge in [-0.2, -0.15) is 0 Å². The Balaban J connectivity index is 1.67. The van der Waals surface area contributed by atoms with E-state index in [1.165, 1.54) is 10.6 Å². The van der Waals surface area contributed by atoms with Gasteiger partial charge in [0, 0.05) is 22.6 Å². The monoisotopic (exact) mass is 511 g/mol. The summed E-state index contributed by atoms with van der Waals surface area (Å²) in [6.07, 6.45) is -0.838. The van der Waals surface area contributed by atoms with E-state index in [1.807, 2.05) is 0 Å². The molecule has 2 aliphatic heterocycles. The Kier molecular flexibility index (Phi) is 5.61. The lowest BCUT2D eigenvalue weighted by atomic mass is 9.86. The third kappa shape index (κ3) is 3.85. The summed E-state index contributed by atoms with van der Waals surface area (Å²) in [7, 11) is 0. The van der Waals surface area contributed by atoms with Gasteiger partial charge in [-0.25, -0.2) is 19.0 Å². The average Bonchev–Trinajstić information content (AvgIpc) is 3.18. The van der Waals surface area contributed by atoms with Crippen molar-refractivity contribution in [1.82, 2.24) is 9.55 Å². The van der Waals surface area contributed by atoms with E-state index in [0.717, 1.165) is 6.07 Å². The Bertz CT molecular complexity index is 1560. The van der Waals surface area contributed by atoms with E-state index >= 15 is 0 Å². The molecule has 0 bridgehead atoms. The number of hydrogen-bond donors (Lipinski definition) is 3. The Hall–Kier alpha value is -3.83. The number of benzene rings is 1. The van der Waals surface area contributed by atoms with Crippen molar-refractivity contribution in [3.05, 3.63) is 56.6 Å². The van der Waals surface area contributed by atoms with Gasteiger partial charge in [0.15, 0.2) is 5.60 Å². The maximum Gasteiger partial charge on any atom is 0.412 e. The number of carbonyl (C=O) groups is 2. The van der Waals surface area contributed by atoms with Crippen LogP contribution < -0.4 is 10.9 Å². The van der Waals surface area contributed by atoms with Crippen LogP contribution in [0, 0.1) is 5.82 Å². The number of amides is 1. The first-order valence-corrected chi connectivity index (χ1v) is 11.8. The fraction of sp³-hybridized carbons (Fsp3) is 0.385. The number of nitrogens with one attached hydrogen (secondary N) is 1. The number of anilines is 1. The molecule has 5 rings (SSSR count). The van der Waals surface area contributed by atoms with Crippen LogP contribution in [0.15, 0.2) is 23.0 Å². The summed E-state index contributed by atoms with van der Waals surface area (Å²) in [4.78, 5) is 42.5. The average molecular weight is 512 g/mol. The quantitative estimate of drug-likeness (QED) is 0.357. The number of fused-ring (bicyclic) bond motifs is 5. The normalized spacial score (nSPS) is 18.2. The molecule has 0 aliphatic carbocycles. The second kappa shape index (κ2) is 8.35. The van der Waals surface area contributed by atoms with Gasteiger partial charge >= 0.3 is 12.1 Å². The lowest BCUT2D eigenvalue weighted by Crippen LogP contribution is -2.44. The van der Waals surface area contributed by atoms with E-state index in [0.29, 0.717) is 27.9 Å². The first kappa shape index (κ1) is 24.8. The van der Waals surface area contributed by atoms with E-state index in [2.05, 4.69) is 10.3 Å². The van der Waals surface area contributed by atoms with Crippen LogP contribution >= 0.6 is 0 Å². The fourth-order valence-corrected chi connectivity index (χ4v) is 4.87. The highest BCUT2D eigenvalue weighted by atomic mass is 19.1. The van der Waals surface area contributed by atoms with Crippen LogP contribution in [0.2, 0.25) is 0 Å². The fourth-order valence-electron chi connectivity index (χ4n) is 4.87. The zero-order chi connectivity index (χ0) is 26.9. The number of rotatable bonds is 3. The van der Waals surface area contributed by atoms with Crippen molar-refractivity contribution >= 4 is 28.7 Å². The van der Waals surface area contributed by atoms with Crippen LogP contribution in [-0.4, -0.2) is 37.4 Å². The number of carbonyl (C=O) groups excluding carboxylic acids is 2. The largest absolute Gasteiger partial charge is 0.458 e. The molecule has 37 heavy (non-hydrogen) atoms. The van der Waals surface area contributed by atoms with Crippen molar-refractivity contribution in [3.8, 4) is 11.4 Å². The van der Waals surface area contributed by atoms with Crippen molar-refractivity contribution in [3.63, 3.8) is 0 Å². The van der Waals surface area contributed by atoms with Gasteiger partial charge in [0.25, 0.3) is 5.56 Å². The number of aliphatic hydroxyl groups excluding tert-OH is 1. The van der Waals surface area contributed by atoms with Gasteiger partial charge in [0.1, 0.15) is 18.0 Å². The Morgan fingerprint density at radius 1 is 1.27 bits per heavy atom. The minimum atomic E-state index is -1.98. The number of cyclic esters (lactones) is 1. The number of aliphatic hydroxyl groups is 2. The molecule has 0 fully saturated rings. The molecule has 3 N–H and O–H groups in total. The van der Waals surface area contributed by atoms with Gasteiger partial charge in [-0.05, 0) is 44.9 Å². The summed E-state index contributed by atoms with van der Waals surface area (Å²) in [5.41, 5.74) is -1.21. The first-order valence-electron chi connectivity index (χ1n) is 11.8. The Morgan fingerprint density at radius 3 is 2.65 bits per heavy atom. The van der Waals surface area contributed by atoms with Crippen LogP contribution in [0.4, 0.5) is 14.9 Å². The van der Waals surface area contributed by atoms with Crippen LogP contribution in [0.25, 0.3) is 22.3 Å². The van der Waals surface area contributed by atoms with E-state index in [-0.39, 0.29) is 41.9 Å². The van der Waals surface area contributed by atoms with E-state index < -0.39 is 41.2 Å². The van der Waals surface area contributed by atoms with Crippen molar-refractivity contribution in [1.29, 1.82) is 0 Å². The molecule has 0 unspecified atom stereocenters. The molecule has 4 heterocycles. The van der Waals surface area contributed by atoms with Crippen molar-refractivity contribution < 1.29 is 33.7 Å². The molecule has 1 aromatic carbocycles. The van der Waals surface area contributed by atoms with Crippen LogP contribution in [0.5, 0.6) is 0 Å². The number of halogens is 1. The molecule has 10 nitrogen and oxygen atoms in total. The van der Waals surface area contributed by atoms with Gasteiger partial charge < -0.3 is 24.3 Å². The highest BCUT2D eigenvalue weighted by Crippen LogP contribution is 2.40. The van der Waals surface area contributed by atoms with Gasteiger partial charge in [-0.15, -0.1) is 0 Å². The standard InChI is InChI=1S/C26H26FN3O7/c1-5-26(35)16-7-20-21-13(9-30(20)22(32)15(16)11-36-23(26)33)14(10-31)12-6-19(17(27)8-18(12)28-21)29-24(34)37-25(2,3)4/h6-8,31,35H,5,9-11H2,1-4H3,(H,29,34)/t26-/m0/s1. The molecule has 2 aliphatic rings. The molecule has 0 radical (unpaired) electrons. The number of ether oxygens (including phenoxy) is 2. The van der Waals surface area contributed by atoms with Crippen LogP contribution in [-0.2, 0) is 39.6 Å². The molecular weight excluding hydrogens is 485 g/mol. The van der Waals surface area contributed by atoms with Crippen LogP contribution in [0.3, 0.4) is 0 Å². The topological polar surface area (TPSA) is 140 Å². The summed E-state index contributed by atoms with van der Waals surface area (Å²) in [5, 5.41) is 24.1. The number of esters is 1. The second-order valence-corrected chi connectivity index (χ2v) is 10.2. The van der Waals surface area contributed by atoms with E-state index in [1.54, 1.807) is 33.8 Å². The third-order valence-electron chi connectivity index (χ3n) is 6.69. The predicted molar refractivity (Wildman–Crippen MR) is 130 cm³/mol. The molecule has 0 saturated heterocycles. The van der Waals surface area contributed by atoms with Crippen molar-refractivity contribution in [2.75, 3.05) is 5.32 Å². The van der Waals surface area contributed by atoms with E-state index in [4.69, 9.17) is 9.47 Å². The zero-order valence-electron chi connectivity index (χ0n) is 20.8. The predicted octanol–water partition coefficient (Wildman–Crippen LogP) is 3.06. The maximum absolute atomic E-state index is 15.0. The highest BCUT2D eigenvalue weighted by molar-refractivity contribution is 5.94. The van der Waals surface area contributed by atoms with Gasteiger partial charge in [-0.1, -0.05) is 6.92 Å². The number of nitrogens with zero attached hydrogens (tertiary/aromatic N) is 2. The lowest BCUT2D eigenvalue weighted by molar-refractivity contribution is -0.172. The Morgan fingerprint density at radius 2 is 2.00 bits per heavy atom. The number of hydrogen-bond acceptors (Lipinski definition) is 8. The highest BCUT2D eigenvalue weighted by Gasteiger charge is 2.45. The SMILES string of the molecule is CC[C@@]1(O)C(=O)OCc2c1cc1n(c2=O)Cc2c-1nc1cc(F)c(NC(=O)OC(C)(C)C)cc1c2CO. The summed E-state index contributed by atoms with van der Waals surface area (Å²) < 4.78 is 26.7. The Labute approximate surface area is 210 Å². The number of pyridine rings is 2. The molecule has 2 aromatic heterocycles. The second-order valence-electron chi connectivity index (χ2n) is 10.2. The molecule has 1 amide bonds. The number of aromatic nitrogens is 2. The first-order chi connectivity index (χ1) is 17.4. The molecule has 3 aromatic rings. The molecule has 0 saturated carbocycles. The van der Waals surface area contributed by atoms with Gasteiger partial charge in [-0.3, -0.25) is 10.1 Å². The molecule has 11 heteroatoms. The molecule has 1 atom stereocenters. The molecule has 0 spiro atoms. The summed E-state index contributed by atoms with van der Waals surface area (Å²) in [6.45, 7) is 6.02. The summed E-state index contributed by atoms with van der Waals surface area (Å²) >= 11 is 0. The van der Waals surface area contributed by atoms with Crippen LogP contribution in [0.1, 0.15) is 56.4 Å². The maximum atomic E-state index is 15.0. The third-order valence-corrected chi connectivity index (χ3v) is 6.69. The smallest absolute Gasteiger partial charge is 0.412 e. The van der Waals surface area contributed by atoms with Gasteiger partial charge in [0.2, 0.25) is 0 Å². The minimum absolute atomic E-state index is 0.000257.